The molecule has 2 N–H and O–H groups in total. The summed E-state index contributed by atoms with van der Waals surface area (Å²) in [4.78, 5) is 10.0. The highest BCUT2D eigenvalue weighted by Crippen LogP contribution is 2.51. The lowest BCUT2D eigenvalue weighted by Crippen LogP contribution is -2.38. The first-order chi connectivity index (χ1) is 9.95. The molecule has 0 spiro atoms. The Kier molecular flexibility index (Phi) is 3.46. The van der Waals surface area contributed by atoms with Gasteiger partial charge in [0.25, 0.3) is 5.69 Å². The second-order valence-corrected chi connectivity index (χ2v) is 7.46. The van der Waals surface area contributed by atoms with Crippen molar-refractivity contribution in [1.82, 2.24) is 10.0 Å². The van der Waals surface area contributed by atoms with Crippen LogP contribution in [0.3, 0.4) is 0 Å². The lowest BCUT2D eigenvalue weighted by Gasteiger charge is -2.22. The van der Waals surface area contributed by atoms with Gasteiger partial charge >= 0.3 is 0 Å². The van der Waals surface area contributed by atoms with Crippen LogP contribution in [0.5, 0.6) is 0 Å². The van der Waals surface area contributed by atoms with E-state index in [-0.39, 0.29) is 10.3 Å². The molecular weight excluding hydrogens is 294 g/mol. The number of rotatable bonds is 5. The standard InChI is InChI=1S/C13H17N3O4S/c17-16(18)10-4-1-2-5-11(10)21(19,20)15-9-13-6-3-7-14-12(13)8-13/h1-2,4-5,12,14-15H,3,6-9H2. The topological polar surface area (TPSA) is 101 Å². The summed E-state index contributed by atoms with van der Waals surface area (Å²) in [6.45, 7) is 1.31. The van der Waals surface area contributed by atoms with Crippen LogP contribution in [0.2, 0.25) is 0 Å². The molecule has 2 atom stereocenters. The van der Waals surface area contributed by atoms with E-state index in [1.165, 1.54) is 24.3 Å². The average molecular weight is 311 g/mol. The molecule has 1 aromatic rings. The average Bonchev–Trinajstić information content (AvgIpc) is 3.20. The molecule has 21 heavy (non-hydrogen) atoms. The number of hydrogen-bond acceptors (Lipinski definition) is 5. The summed E-state index contributed by atoms with van der Waals surface area (Å²) >= 11 is 0. The van der Waals surface area contributed by atoms with E-state index in [2.05, 4.69) is 10.0 Å². The van der Waals surface area contributed by atoms with Crippen molar-refractivity contribution < 1.29 is 13.3 Å². The number of sulfonamides is 1. The summed E-state index contributed by atoms with van der Waals surface area (Å²) < 4.78 is 27.2. The minimum Gasteiger partial charge on any atom is -0.313 e. The third kappa shape index (κ3) is 2.66. The van der Waals surface area contributed by atoms with Gasteiger partial charge in [0, 0.05) is 24.1 Å². The summed E-state index contributed by atoms with van der Waals surface area (Å²) in [5.74, 6) is 0. The number of hydrogen-bond donors (Lipinski definition) is 2. The van der Waals surface area contributed by atoms with Crippen LogP contribution in [-0.2, 0) is 10.0 Å². The van der Waals surface area contributed by atoms with Crippen LogP contribution in [-0.4, -0.2) is 32.5 Å². The minimum absolute atomic E-state index is 0.00508. The third-order valence-corrected chi connectivity index (χ3v) is 5.85. The smallest absolute Gasteiger partial charge is 0.289 e. The van der Waals surface area contributed by atoms with E-state index in [1.54, 1.807) is 0 Å². The van der Waals surface area contributed by atoms with Crippen LogP contribution in [0.1, 0.15) is 19.3 Å². The molecule has 2 aliphatic rings. The zero-order valence-electron chi connectivity index (χ0n) is 11.4. The Bertz CT molecular complexity index is 676. The Morgan fingerprint density at radius 1 is 1.43 bits per heavy atom. The molecule has 114 valence electrons. The Hall–Kier alpha value is -1.51. The molecule has 7 nitrogen and oxygen atoms in total. The molecule has 1 saturated carbocycles. The fourth-order valence-electron chi connectivity index (χ4n) is 3.06. The van der Waals surface area contributed by atoms with Crippen molar-refractivity contribution in [2.24, 2.45) is 5.41 Å². The van der Waals surface area contributed by atoms with E-state index in [1.807, 2.05) is 0 Å². The van der Waals surface area contributed by atoms with Crippen molar-refractivity contribution in [3.05, 3.63) is 34.4 Å². The van der Waals surface area contributed by atoms with Gasteiger partial charge in [-0.2, -0.15) is 0 Å². The first-order valence-electron chi connectivity index (χ1n) is 6.91. The molecule has 1 aliphatic heterocycles. The van der Waals surface area contributed by atoms with E-state index in [9.17, 15) is 18.5 Å². The van der Waals surface area contributed by atoms with Crippen molar-refractivity contribution in [2.45, 2.75) is 30.2 Å². The van der Waals surface area contributed by atoms with Gasteiger partial charge in [-0.25, -0.2) is 13.1 Å². The molecule has 2 unspecified atom stereocenters. The Morgan fingerprint density at radius 2 is 2.19 bits per heavy atom. The first kappa shape index (κ1) is 14.4. The normalized spacial score (nSPS) is 27.9. The second kappa shape index (κ2) is 5.04. The fraction of sp³-hybridized carbons (Fsp3) is 0.538. The molecule has 3 rings (SSSR count). The highest BCUT2D eigenvalue weighted by atomic mass is 32.2. The van der Waals surface area contributed by atoms with Crippen molar-refractivity contribution >= 4 is 15.7 Å². The van der Waals surface area contributed by atoms with Gasteiger partial charge in [-0.05, 0) is 31.9 Å². The van der Waals surface area contributed by atoms with Crippen LogP contribution >= 0.6 is 0 Å². The zero-order chi connectivity index (χ0) is 15.1. The van der Waals surface area contributed by atoms with E-state index >= 15 is 0 Å². The highest BCUT2D eigenvalue weighted by Gasteiger charge is 2.55. The number of benzene rings is 1. The van der Waals surface area contributed by atoms with Crippen molar-refractivity contribution in [1.29, 1.82) is 0 Å². The number of nitro benzene ring substituents is 1. The highest BCUT2D eigenvalue weighted by molar-refractivity contribution is 7.89. The largest absolute Gasteiger partial charge is 0.313 e. The number of fused-ring (bicyclic) bond motifs is 1. The molecule has 0 bridgehead atoms. The lowest BCUT2D eigenvalue weighted by atomic mass is 9.97. The van der Waals surface area contributed by atoms with Gasteiger partial charge in [-0.3, -0.25) is 10.1 Å². The molecule has 1 aliphatic carbocycles. The predicted molar refractivity (Wildman–Crippen MR) is 76.4 cm³/mol. The number of para-hydroxylation sites is 1. The lowest BCUT2D eigenvalue weighted by molar-refractivity contribution is -0.387. The third-order valence-electron chi connectivity index (χ3n) is 4.40. The second-order valence-electron chi connectivity index (χ2n) is 5.73. The summed E-state index contributed by atoms with van der Waals surface area (Å²) in [6.07, 6.45) is 2.99. The molecule has 0 aromatic heterocycles. The van der Waals surface area contributed by atoms with Gasteiger partial charge in [-0.1, -0.05) is 12.1 Å². The first-order valence-corrected chi connectivity index (χ1v) is 8.39. The van der Waals surface area contributed by atoms with Crippen LogP contribution in [0.25, 0.3) is 0 Å². The van der Waals surface area contributed by atoms with Crippen LogP contribution < -0.4 is 10.0 Å². The predicted octanol–water partition coefficient (Wildman–Crippen LogP) is 1.02. The summed E-state index contributed by atoms with van der Waals surface area (Å²) in [5, 5.41) is 14.3. The van der Waals surface area contributed by atoms with Gasteiger partial charge in [0.1, 0.15) is 0 Å². The molecule has 0 radical (unpaired) electrons. The molecule has 1 aromatic carbocycles. The summed E-state index contributed by atoms with van der Waals surface area (Å²) in [5.41, 5.74) is -0.397. The number of nitrogens with zero attached hydrogens (tertiary/aromatic N) is 1. The summed E-state index contributed by atoms with van der Waals surface area (Å²) in [7, 11) is -3.87. The number of nitrogens with one attached hydrogen (secondary N) is 2. The minimum atomic E-state index is -3.87. The number of piperidine rings is 1. The Morgan fingerprint density at radius 3 is 2.90 bits per heavy atom. The van der Waals surface area contributed by atoms with Gasteiger partial charge in [0.2, 0.25) is 10.0 Å². The SMILES string of the molecule is O=[N+]([O-])c1ccccc1S(=O)(=O)NCC12CCCNC1C2. The summed E-state index contributed by atoms with van der Waals surface area (Å²) in [6, 6.07) is 5.79. The maximum absolute atomic E-state index is 12.3. The number of nitro groups is 1. The van der Waals surface area contributed by atoms with Gasteiger partial charge in [0.15, 0.2) is 4.90 Å². The molecule has 2 fully saturated rings. The van der Waals surface area contributed by atoms with E-state index in [0.29, 0.717) is 12.6 Å². The molecule has 1 heterocycles. The maximum atomic E-state index is 12.3. The monoisotopic (exact) mass is 311 g/mol. The van der Waals surface area contributed by atoms with Crippen LogP contribution in [0.4, 0.5) is 5.69 Å². The van der Waals surface area contributed by atoms with Gasteiger partial charge < -0.3 is 5.32 Å². The zero-order valence-corrected chi connectivity index (χ0v) is 12.2. The molecule has 1 saturated heterocycles. The van der Waals surface area contributed by atoms with Crippen LogP contribution in [0.15, 0.2) is 29.2 Å². The van der Waals surface area contributed by atoms with Gasteiger partial charge in [-0.15, -0.1) is 0 Å². The van der Waals surface area contributed by atoms with Gasteiger partial charge in [0.05, 0.1) is 4.92 Å². The molecule has 0 amide bonds. The fourth-order valence-corrected chi connectivity index (χ4v) is 4.37. The van der Waals surface area contributed by atoms with E-state index in [4.69, 9.17) is 0 Å². The van der Waals surface area contributed by atoms with Crippen molar-refractivity contribution in [3.63, 3.8) is 0 Å². The van der Waals surface area contributed by atoms with Crippen LogP contribution in [0, 0.1) is 15.5 Å². The Balaban J connectivity index is 1.77. The van der Waals surface area contributed by atoms with Crippen molar-refractivity contribution in [3.8, 4) is 0 Å². The molecule has 8 heteroatoms. The quantitative estimate of drug-likeness (QED) is 0.624. The Labute approximate surface area is 122 Å². The molecular formula is C13H17N3O4S. The van der Waals surface area contributed by atoms with E-state index in [0.717, 1.165) is 25.8 Å². The van der Waals surface area contributed by atoms with Crippen molar-refractivity contribution in [2.75, 3.05) is 13.1 Å². The maximum Gasteiger partial charge on any atom is 0.289 e. The van der Waals surface area contributed by atoms with E-state index < -0.39 is 20.6 Å².